The first-order valence-corrected chi connectivity index (χ1v) is 5.21. The molecule has 76 valence electrons. The second-order valence-corrected chi connectivity index (χ2v) is 3.85. The van der Waals surface area contributed by atoms with E-state index in [0.717, 1.165) is 25.9 Å². The molecule has 1 rings (SSSR count). The summed E-state index contributed by atoms with van der Waals surface area (Å²) >= 11 is 0. The van der Waals surface area contributed by atoms with Gasteiger partial charge in [0.05, 0.1) is 0 Å². The average Bonchev–Trinajstić information content (AvgIpc) is 2.32. The van der Waals surface area contributed by atoms with Crippen LogP contribution in [0, 0.1) is 5.92 Å². The number of aliphatic carboxylic acids is 1. The summed E-state index contributed by atoms with van der Waals surface area (Å²) in [6.45, 7) is 2.22. The molecule has 0 aliphatic carbocycles. The normalized spacial score (nSPS) is 23.8. The summed E-state index contributed by atoms with van der Waals surface area (Å²) in [6, 6.07) is 0. The van der Waals surface area contributed by atoms with Gasteiger partial charge >= 0.3 is 5.97 Å². The zero-order valence-electron chi connectivity index (χ0n) is 8.09. The molecule has 1 unspecified atom stereocenters. The molecule has 2 N–H and O–H groups in total. The first kappa shape index (κ1) is 10.5. The molecule has 13 heavy (non-hydrogen) atoms. The zero-order chi connectivity index (χ0) is 9.52. The van der Waals surface area contributed by atoms with E-state index >= 15 is 0 Å². The molecule has 0 amide bonds. The maximum Gasteiger partial charge on any atom is 0.303 e. The van der Waals surface area contributed by atoms with Crippen LogP contribution >= 0.6 is 0 Å². The zero-order valence-corrected chi connectivity index (χ0v) is 8.09. The van der Waals surface area contributed by atoms with E-state index in [1.54, 1.807) is 0 Å². The van der Waals surface area contributed by atoms with Gasteiger partial charge < -0.3 is 10.4 Å². The lowest BCUT2D eigenvalue weighted by atomic mass is 9.97. The highest BCUT2D eigenvalue weighted by molar-refractivity contribution is 5.66. The number of carboxylic acids is 1. The molecule has 0 bridgehead atoms. The van der Waals surface area contributed by atoms with E-state index in [2.05, 4.69) is 5.32 Å². The third kappa shape index (κ3) is 4.88. The fraction of sp³-hybridized carbons (Fsp3) is 0.900. The lowest BCUT2D eigenvalue weighted by Gasteiger charge is -2.12. The Kier molecular flexibility index (Phi) is 4.83. The minimum atomic E-state index is -0.665. The standard InChI is InChI=1S/C10H19NO2/c12-10(13)6-3-5-9-4-1-2-7-11-8-9/h9,11H,1-8H2,(H,12,13). The minimum absolute atomic E-state index is 0.330. The van der Waals surface area contributed by atoms with Crippen LogP contribution in [0.2, 0.25) is 0 Å². The van der Waals surface area contributed by atoms with Crippen LogP contribution < -0.4 is 5.32 Å². The summed E-state index contributed by atoms with van der Waals surface area (Å²) in [5.41, 5.74) is 0. The van der Waals surface area contributed by atoms with Crippen molar-refractivity contribution in [1.29, 1.82) is 0 Å². The SMILES string of the molecule is O=C(O)CCCC1CCCCNC1. The van der Waals surface area contributed by atoms with Gasteiger partial charge in [0.15, 0.2) is 0 Å². The largest absolute Gasteiger partial charge is 0.481 e. The minimum Gasteiger partial charge on any atom is -0.481 e. The Balaban J connectivity index is 2.08. The third-order valence-corrected chi connectivity index (χ3v) is 2.65. The summed E-state index contributed by atoms with van der Waals surface area (Å²) in [6.07, 6.45) is 6.07. The van der Waals surface area contributed by atoms with Gasteiger partial charge in [-0.05, 0) is 44.7 Å². The maximum absolute atomic E-state index is 10.3. The summed E-state index contributed by atoms with van der Waals surface area (Å²) in [5.74, 6) is 0.0448. The predicted molar refractivity (Wildman–Crippen MR) is 51.7 cm³/mol. The van der Waals surface area contributed by atoms with Crippen LogP contribution in [-0.4, -0.2) is 24.2 Å². The Morgan fingerprint density at radius 1 is 1.46 bits per heavy atom. The Labute approximate surface area is 79.5 Å². The monoisotopic (exact) mass is 185 g/mol. The molecular formula is C10H19NO2. The van der Waals surface area contributed by atoms with Crippen molar-refractivity contribution in [2.45, 2.75) is 38.5 Å². The van der Waals surface area contributed by atoms with Crippen LogP contribution in [0.25, 0.3) is 0 Å². The van der Waals surface area contributed by atoms with E-state index in [1.165, 1.54) is 19.3 Å². The fourth-order valence-electron chi connectivity index (χ4n) is 1.88. The van der Waals surface area contributed by atoms with Crippen molar-refractivity contribution < 1.29 is 9.90 Å². The molecule has 1 saturated heterocycles. The Morgan fingerprint density at radius 2 is 2.31 bits per heavy atom. The highest BCUT2D eigenvalue weighted by Gasteiger charge is 2.11. The first-order valence-electron chi connectivity index (χ1n) is 5.21. The topological polar surface area (TPSA) is 49.3 Å². The van der Waals surface area contributed by atoms with Crippen LogP contribution in [-0.2, 0) is 4.79 Å². The molecule has 0 radical (unpaired) electrons. The molecule has 0 spiro atoms. The number of rotatable bonds is 4. The van der Waals surface area contributed by atoms with Gasteiger partial charge in [0, 0.05) is 6.42 Å². The number of hydrogen-bond donors (Lipinski definition) is 2. The van der Waals surface area contributed by atoms with Crippen LogP contribution in [0.3, 0.4) is 0 Å². The van der Waals surface area contributed by atoms with Gasteiger partial charge in [-0.1, -0.05) is 6.42 Å². The van der Waals surface area contributed by atoms with Crippen molar-refractivity contribution in [2.24, 2.45) is 5.92 Å². The van der Waals surface area contributed by atoms with Crippen LogP contribution in [0.4, 0.5) is 0 Å². The molecule has 1 heterocycles. The van der Waals surface area contributed by atoms with Gasteiger partial charge in [-0.2, -0.15) is 0 Å². The fourth-order valence-corrected chi connectivity index (χ4v) is 1.88. The van der Waals surface area contributed by atoms with E-state index < -0.39 is 5.97 Å². The van der Waals surface area contributed by atoms with E-state index in [9.17, 15) is 4.79 Å². The Bertz CT molecular complexity index is 151. The van der Waals surface area contributed by atoms with E-state index in [1.807, 2.05) is 0 Å². The quantitative estimate of drug-likeness (QED) is 0.700. The first-order chi connectivity index (χ1) is 6.29. The van der Waals surface area contributed by atoms with Crippen molar-refractivity contribution in [3.63, 3.8) is 0 Å². The summed E-state index contributed by atoms with van der Waals surface area (Å²) in [7, 11) is 0. The number of carbonyl (C=O) groups is 1. The Hall–Kier alpha value is -0.570. The highest BCUT2D eigenvalue weighted by atomic mass is 16.4. The Morgan fingerprint density at radius 3 is 3.08 bits per heavy atom. The molecular weight excluding hydrogens is 166 g/mol. The summed E-state index contributed by atoms with van der Waals surface area (Å²) in [4.78, 5) is 10.3. The molecule has 3 nitrogen and oxygen atoms in total. The molecule has 0 aromatic carbocycles. The third-order valence-electron chi connectivity index (χ3n) is 2.65. The lowest BCUT2D eigenvalue weighted by molar-refractivity contribution is -0.137. The average molecular weight is 185 g/mol. The lowest BCUT2D eigenvalue weighted by Crippen LogP contribution is -2.20. The number of hydrogen-bond acceptors (Lipinski definition) is 2. The molecule has 1 atom stereocenters. The van der Waals surface area contributed by atoms with E-state index in [0.29, 0.717) is 12.3 Å². The van der Waals surface area contributed by atoms with Gasteiger partial charge in [-0.25, -0.2) is 0 Å². The number of nitrogens with one attached hydrogen (secondary N) is 1. The van der Waals surface area contributed by atoms with E-state index in [-0.39, 0.29) is 0 Å². The van der Waals surface area contributed by atoms with Gasteiger partial charge in [0.2, 0.25) is 0 Å². The molecule has 0 aromatic heterocycles. The smallest absolute Gasteiger partial charge is 0.303 e. The van der Waals surface area contributed by atoms with Crippen LogP contribution in [0.1, 0.15) is 38.5 Å². The van der Waals surface area contributed by atoms with Crippen molar-refractivity contribution >= 4 is 5.97 Å². The van der Waals surface area contributed by atoms with E-state index in [4.69, 9.17) is 5.11 Å². The van der Waals surface area contributed by atoms with Gasteiger partial charge in [0.25, 0.3) is 0 Å². The molecule has 0 aromatic rings. The van der Waals surface area contributed by atoms with Gasteiger partial charge in [-0.15, -0.1) is 0 Å². The molecule has 1 aliphatic rings. The van der Waals surface area contributed by atoms with Gasteiger partial charge in [-0.3, -0.25) is 4.79 Å². The summed E-state index contributed by atoms with van der Waals surface area (Å²) < 4.78 is 0. The van der Waals surface area contributed by atoms with Crippen molar-refractivity contribution in [3.8, 4) is 0 Å². The number of carboxylic acid groups (broad SMARTS) is 1. The predicted octanol–water partition coefficient (Wildman–Crippen LogP) is 1.63. The van der Waals surface area contributed by atoms with Crippen LogP contribution in [0.15, 0.2) is 0 Å². The second kappa shape index (κ2) is 5.97. The van der Waals surface area contributed by atoms with Gasteiger partial charge in [0.1, 0.15) is 0 Å². The van der Waals surface area contributed by atoms with Crippen molar-refractivity contribution in [1.82, 2.24) is 5.32 Å². The maximum atomic E-state index is 10.3. The highest BCUT2D eigenvalue weighted by Crippen LogP contribution is 2.17. The van der Waals surface area contributed by atoms with Crippen LogP contribution in [0.5, 0.6) is 0 Å². The molecule has 1 aliphatic heterocycles. The van der Waals surface area contributed by atoms with Crippen molar-refractivity contribution in [3.05, 3.63) is 0 Å². The molecule has 1 fully saturated rings. The molecule has 3 heteroatoms. The summed E-state index contributed by atoms with van der Waals surface area (Å²) in [5, 5.41) is 11.9. The van der Waals surface area contributed by atoms with Crippen molar-refractivity contribution in [2.75, 3.05) is 13.1 Å². The molecule has 0 saturated carbocycles. The second-order valence-electron chi connectivity index (χ2n) is 3.85.